The summed E-state index contributed by atoms with van der Waals surface area (Å²) < 4.78 is 5.11. The number of hydrogen-bond acceptors (Lipinski definition) is 4. The van der Waals surface area contributed by atoms with Crippen LogP contribution in [0, 0.1) is 17.8 Å². The SMILES string of the molecule is CCc1cccc2c1NC(=O)[C@]21[NH2+][C@@H](CC(C)C)[C@H]2C(=O)N(CCOC)C(=O)[C@H]21. The predicted octanol–water partition coefficient (Wildman–Crippen LogP) is 0.636. The van der Waals surface area contributed by atoms with Gasteiger partial charge in [-0.2, -0.15) is 0 Å². The van der Waals surface area contributed by atoms with Crippen molar-refractivity contribution in [3.05, 3.63) is 29.3 Å². The van der Waals surface area contributed by atoms with Crippen LogP contribution >= 0.6 is 0 Å². The van der Waals surface area contributed by atoms with E-state index in [2.05, 4.69) is 19.2 Å². The monoisotopic (exact) mass is 400 g/mol. The Balaban J connectivity index is 1.84. The Hall–Kier alpha value is -2.25. The maximum atomic E-state index is 13.5. The summed E-state index contributed by atoms with van der Waals surface area (Å²) >= 11 is 0. The van der Waals surface area contributed by atoms with Crippen LogP contribution < -0.4 is 10.6 Å². The lowest BCUT2D eigenvalue weighted by molar-refractivity contribution is -0.734. The third kappa shape index (κ3) is 2.74. The highest BCUT2D eigenvalue weighted by Gasteiger charge is 2.74. The smallest absolute Gasteiger partial charge is 0.291 e. The second kappa shape index (κ2) is 7.22. The molecule has 0 radical (unpaired) electrons. The summed E-state index contributed by atoms with van der Waals surface area (Å²) in [5.74, 6) is -1.39. The molecule has 2 fully saturated rings. The van der Waals surface area contributed by atoms with E-state index < -0.39 is 17.4 Å². The third-order valence-electron chi connectivity index (χ3n) is 6.73. The van der Waals surface area contributed by atoms with Crippen LogP contribution in [0.2, 0.25) is 0 Å². The summed E-state index contributed by atoms with van der Waals surface area (Å²) in [6.45, 7) is 6.79. The van der Waals surface area contributed by atoms with Crippen LogP contribution in [0.3, 0.4) is 0 Å². The molecule has 7 heteroatoms. The van der Waals surface area contributed by atoms with Crippen LogP contribution in [0.25, 0.3) is 0 Å². The molecular weight excluding hydrogens is 370 g/mol. The van der Waals surface area contributed by atoms with Crippen LogP contribution in [-0.4, -0.2) is 48.9 Å². The molecule has 3 heterocycles. The first-order valence-electron chi connectivity index (χ1n) is 10.5. The number of amides is 3. The minimum Gasteiger partial charge on any atom is -0.383 e. The molecule has 3 aliphatic heterocycles. The molecule has 1 spiro atoms. The van der Waals surface area contributed by atoms with Crippen molar-refractivity contribution < 1.29 is 24.4 Å². The molecule has 2 saturated heterocycles. The number of nitrogens with zero attached hydrogens (tertiary/aromatic N) is 1. The van der Waals surface area contributed by atoms with Crippen LogP contribution in [0.5, 0.6) is 0 Å². The van der Waals surface area contributed by atoms with E-state index in [0.29, 0.717) is 12.5 Å². The van der Waals surface area contributed by atoms with Crippen molar-refractivity contribution in [2.45, 2.75) is 45.2 Å². The minimum atomic E-state index is -1.07. The summed E-state index contributed by atoms with van der Waals surface area (Å²) in [6.07, 6.45) is 1.56. The highest BCUT2D eigenvalue weighted by atomic mass is 16.5. The number of para-hydroxylation sites is 1. The largest absolute Gasteiger partial charge is 0.383 e. The molecule has 29 heavy (non-hydrogen) atoms. The van der Waals surface area contributed by atoms with Gasteiger partial charge in [-0.05, 0) is 17.9 Å². The number of methoxy groups -OCH3 is 1. The van der Waals surface area contributed by atoms with Gasteiger partial charge in [0.1, 0.15) is 17.9 Å². The normalized spacial score (nSPS) is 30.4. The summed E-state index contributed by atoms with van der Waals surface area (Å²) in [5.41, 5.74) is 1.64. The predicted molar refractivity (Wildman–Crippen MR) is 107 cm³/mol. The fourth-order valence-corrected chi connectivity index (χ4v) is 5.57. The third-order valence-corrected chi connectivity index (χ3v) is 6.73. The molecule has 3 N–H and O–H groups in total. The quantitative estimate of drug-likeness (QED) is 0.686. The number of carbonyl (C=O) groups is 3. The van der Waals surface area contributed by atoms with Gasteiger partial charge in [-0.15, -0.1) is 0 Å². The number of nitrogens with two attached hydrogens (primary N) is 1. The fraction of sp³-hybridized carbons (Fsp3) is 0.591. The number of benzene rings is 1. The molecule has 1 aromatic carbocycles. The van der Waals surface area contributed by atoms with Crippen molar-refractivity contribution in [2.24, 2.45) is 17.8 Å². The molecule has 7 nitrogen and oxygen atoms in total. The van der Waals surface area contributed by atoms with Crippen molar-refractivity contribution in [1.29, 1.82) is 0 Å². The Morgan fingerprint density at radius 3 is 2.66 bits per heavy atom. The Kier molecular flexibility index (Phi) is 4.99. The number of quaternary nitrogens is 1. The van der Waals surface area contributed by atoms with Gasteiger partial charge >= 0.3 is 0 Å². The van der Waals surface area contributed by atoms with Gasteiger partial charge in [-0.25, -0.2) is 0 Å². The molecule has 0 unspecified atom stereocenters. The fourth-order valence-electron chi connectivity index (χ4n) is 5.57. The first kappa shape index (κ1) is 20.0. The number of fused-ring (bicyclic) bond motifs is 4. The number of anilines is 1. The van der Waals surface area contributed by atoms with Crippen LogP contribution in [0.15, 0.2) is 18.2 Å². The Morgan fingerprint density at radius 1 is 1.24 bits per heavy atom. The van der Waals surface area contributed by atoms with E-state index in [1.165, 1.54) is 4.90 Å². The summed E-state index contributed by atoms with van der Waals surface area (Å²) in [4.78, 5) is 41.5. The van der Waals surface area contributed by atoms with E-state index >= 15 is 0 Å². The van der Waals surface area contributed by atoms with Gasteiger partial charge in [0.25, 0.3) is 5.91 Å². The van der Waals surface area contributed by atoms with Gasteiger partial charge in [-0.1, -0.05) is 39.0 Å². The van der Waals surface area contributed by atoms with Crippen molar-refractivity contribution in [3.8, 4) is 0 Å². The zero-order chi connectivity index (χ0) is 20.9. The first-order valence-corrected chi connectivity index (χ1v) is 10.5. The molecule has 4 atom stereocenters. The topological polar surface area (TPSA) is 92.3 Å². The summed E-state index contributed by atoms with van der Waals surface area (Å²) in [7, 11) is 1.55. The molecule has 156 valence electrons. The van der Waals surface area contributed by atoms with Gasteiger partial charge in [0.2, 0.25) is 17.4 Å². The number of carbonyl (C=O) groups excluding carboxylic acids is 3. The molecule has 0 bridgehead atoms. The number of likely N-dealkylation sites (tertiary alicyclic amines) is 1. The van der Waals surface area contributed by atoms with Crippen molar-refractivity contribution in [2.75, 3.05) is 25.6 Å². The van der Waals surface area contributed by atoms with Crippen LogP contribution in [0.4, 0.5) is 5.69 Å². The standard InChI is InChI=1S/C22H29N3O4/c1-5-13-7-6-8-14-18(13)23-21(28)22(14)17-16(15(24-22)11-12(2)3)19(26)25(20(17)27)9-10-29-4/h6-8,12,15-17,24H,5,9-11H2,1-4H3,(H,23,28)/p+1/t15-,16+,17-,22-/m0/s1. The van der Waals surface area contributed by atoms with Gasteiger partial charge in [0.05, 0.1) is 18.8 Å². The van der Waals surface area contributed by atoms with E-state index in [9.17, 15) is 14.4 Å². The van der Waals surface area contributed by atoms with E-state index in [4.69, 9.17) is 4.74 Å². The van der Waals surface area contributed by atoms with E-state index in [0.717, 1.165) is 29.7 Å². The van der Waals surface area contributed by atoms with E-state index in [1.807, 2.05) is 30.4 Å². The molecule has 0 aliphatic carbocycles. The second-order valence-electron chi connectivity index (χ2n) is 8.80. The lowest BCUT2D eigenvalue weighted by atomic mass is 9.76. The van der Waals surface area contributed by atoms with Crippen molar-refractivity contribution in [3.63, 3.8) is 0 Å². The maximum Gasteiger partial charge on any atom is 0.291 e. The van der Waals surface area contributed by atoms with Gasteiger partial charge in [-0.3, -0.25) is 19.3 Å². The maximum absolute atomic E-state index is 13.5. The minimum absolute atomic E-state index is 0.106. The highest BCUT2D eigenvalue weighted by molar-refractivity contribution is 6.14. The number of nitrogens with one attached hydrogen (secondary N) is 1. The molecular formula is C22H30N3O4+. The molecule has 1 aromatic rings. The van der Waals surface area contributed by atoms with Gasteiger partial charge < -0.3 is 15.4 Å². The zero-order valence-electron chi connectivity index (χ0n) is 17.5. The Morgan fingerprint density at radius 2 is 2.00 bits per heavy atom. The summed E-state index contributed by atoms with van der Waals surface area (Å²) in [5, 5.41) is 5.07. The number of ether oxygens (including phenoxy) is 1. The number of rotatable bonds is 6. The average molecular weight is 400 g/mol. The average Bonchev–Trinajstić information content (AvgIpc) is 3.25. The summed E-state index contributed by atoms with van der Waals surface area (Å²) in [6, 6.07) is 5.78. The van der Waals surface area contributed by atoms with Crippen LogP contribution in [-0.2, 0) is 31.1 Å². The highest BCUT2D eigenvalue weighted by Crippen LogP contribution is 2.50. The van der Waals surface area contributed by atoms with E-state index in [1.54, 1.807) is 7.11 Å². The molecule has 0 aromatic heterocycles. The zero-order valence-corrected chi connectivity index (χ0v) is 17.5. The second-order valence-corrected chi connectivity index (χ2v) is 8.80. The van der Waals surface area contributed by atoms with E-state index in [-0.39, 0.29) is 30.3 Å². The number of hydrogen-bond donors (Lipinski definition) is 2. The van der Waals surface area contributed by atoms with Crippen molar-refractivity contribution >= 4 is 23.4 Å². The number of imide groups is 1. The first-order chi connectivity index (χ1) is 13.9. The van der Waals surface area contributed by atoms with Crippen molar-refractivity contribution in [1.82, 2.24) is 4.90 Å². The molecule has 4 rings (SSSR count). The van der Waals surface area contributed by atoms with Gasteiger partial charge in [0, 0.05) is 19.1 Å². The lowest BCUT2D eigenvalue weighted by Gasteiger charge is -2.26. The molecule has 3 amide bonds. The molecule has 0 saturated carbocycles. The molecule has 3 aliphatic rings. The Labute approximate surface area is 171 Å². The van der Waals surface area contributed by atoms with Gasteiger partial charge in [0.15, 0.2) is 0 Å². The Bertz CT molecular complexity index is 868. The van der Waals surface area contributed by atoms with Crippen LogP contribution in [0.1, 0.15) is 38.3 Å². The lowest BCUT2D eigenvalue weighted by Crippen LogP contribution is -2.99. The number of aryl methyl sites for hydroxylation is 1.